The van der Waals surface area contributed by atoms with Crippen LogP contribution in [0.25, 0.3) is 0 Å². The third kappa shape index (κ3) is 5.82. The fourth-order valence-corrected chi connectivity index (χ4v) is 5.43. The summed E-state index contributed by atoms with van der Waals surface area (Å²) in [5.41, 5.74) is 0.858. The molecule has 8 heteroatoms. The predicted octanol–water partition coefficient (Wildman–Crippen LogP) is 4.23. The average Bonchev–Trinajstić information content (AvgIpc) is 2.78. The van der Waals surface area contributed by atoms with Crippen LogP contribution in [0.4, 0.5) is 0 Å². The summed E-state index contributed by atoms with van der Waals surface area (Å²) in [5.74, 6) is 0.427. The number of benzene rings is 2. The topological polar surface area (TPSA) is 75.7 Å². The van der Waals surface area contributed by atoms with Gasteiger partial charge in [-0.05, 0) is 61.7 Å². The van der Waals surface area contributed by atoms with E-state index in [0.29, 0.717) is 49.9 Å². The normalized spacial score (nSPS) is 16.0. The predicted molar refractivity (Wildman–Crippen MR) is 127 cm³/mol. The molecule has 0 atom stereocenters. The number of nitrogens with one attached hydrogen (secondary N) is 1. The lowest BCUT2D eigenvalue weighted by atomic mass is 9.84. The number of sulfonamides is 1. The van der Waals surface area contributed by atoms with Crippen molar-refractivity contribution < 1.29 is 17.9 Å². The van der Waals surface area contributed by atoms with Gasteiger partial charge in [-0.15, -0.1) is 0 Å². The van der Waals surface area contributed by atoms with Crippen molar-refractivity contribution in [1.29, 1.82) is 0 Å². The maximum Gasteiger partial charge on any atom is 0.243 e. The summed E-state index contributed by atoms with van der Waals surface area (Å²) in [6.07, 6.45) is 1.01. The standard InChI is InChI=1S/C24H31ClN2O4S/c1-4-31-21-9-11-22(12-10-21)32(29,30)27-15-13-18(14-16-27)23(28)26-17-24(2,3)19-5-7-20(25)8-6-19/h5-12,18H,4,13-17H2,1-3H3,(H,26,28). The summed E-state index contributed by atoms with van der Waals surface area (Å²) in [7, 11) is -3.58. The van der Waals surface area contributed by atoms with E-state index in [1.165, 1.54) is 4.31 Å². The molecule has 1 saturated heterocycles. The number of amides is 1. The molecule has 0 radical (unpaired) electrons. The van der Waals surface area contributed by atoms with Gasteiger partial charge in [0, 0.05) is 36.0 Å². The van der Waals surface area contributed by atoms with Crippen molar-refractivity contribution in [3.05, 3.63) is 59.1 Å². The van der Waals surface area contributed by atoms with Crippen LogP contribution >= 0.6 is 11.6 Å². The highest BCUT2D eigenvalue weighted by Crippen LogP contribution is 2.27. The number of hydrogen-bond acceptors (Lipinski definition) is 4. The van der Waals surface area contributed by atoms with Crippen molar-refractivity contribution in [2.45, 2.75) is 43.9 Å². The van der Waals surface area contributed by atoms with Crippen LogP contribution in [-0.4, -0.2) is 44.9 Å². The first-order chi connectivity index (χ1) is 15.1. The molecule has 2 aromatic carbocycles. The first-order valence-corrected chi connectivity index (χ1v) is 12.7. The minimum atomic E-state index is -3.58. The molecule has 1 fully saturated rings. The zero-order valence-electron chi connectivity index (χ0n) is 18.8. The van der Waals surface area contributed by atoms with E-state index in [1.54, 1.807) is 24.3 Å². The monoisotopic (exact) mass is 478 g/mol. The van der Waals surface area contributed by atoms with Crippen molar-refractivity contribution in [3.63, 3.8) is 0 Å². The van der Waals surface area contributed by atoms with Crippen LogP contribution in [0.1, 0.15) is 39.2 Å². The van der Waals surface area contributed by atoms with Crippen LogP contribution in [0.3, 0.4) is 0 Å². The molecule has 1 aliphatic rings. The van der Waals surface area contributed by atoms with Crippen molar-refractivity contribution in [2.24, 2.45) is 5.92 Å². The summed E-state index contributed by atoms with van der Waals surface area (Å²) in [6, 6.07) is 14.1. The minimum absolute atomic E-state index is 0.0230. The maximum absolute atomic E-state index is 12.9. The number of carbonyl (C=O) groups is 1. The number of carbonyl (C=O) groups excluding carboxylic acids is 1. The summed E-state index contributed by atoms with van der Waals surface area (Å²) >= 11 is 5.97. The van der Waals surface area contributed by atoms with Crippen molar-refractivity contribution in [1.82, 2.24) is 9.62 Å². The van der Waals surface area contributed by atoms with Gasteiger partial charge in [0.2, 0.25) is 15.9 Å². The lowest BCUT2D eigenvalue weighted by molar-refractivity contribution is -0.126. The first-order valence-electron chi connectivity index (χ1n) is 10.9. The van der Waals surface area contributed by atoms with Gasteiger partial charge in [-0.1, -0.05) is 37.6 Å². The Morgan fingerprint density at radius 3 is 2.25 bits per heavy atom. The minimum Gasteiger partial charge on any atom is -0.494 e. The van der Waals surface area contributed by atoms with Gasteiger partial charge in [0.1, 0.15) is 5.75 Å². The van der Waals surface area contributed by atoms with E-state index in [2.05, 4.69) is 19.2 Å². The smallest absolute Gasteiger partial charge is 0.243 e. The number of rotatable bonds is 8. The molecule has 3 rings (SSSR count). The molecule has 1 aliphatic heterocycles. The van der Waals surface area contributed by atoms with E-state index in [1.807, 2.05) is 31.2 Å². The Morgan fingerprint density at radius 2 is 1.69 bits per heavy atom. The molecule has 0 aromatic heterocycles. The first kappa shape index (κ1) is 24.6. The largest absolute Gasteiger partial charge is 0.494 e. The quantitative estimate of drug-likeness (QED) is 0.616. The van der Waals surface area contributed by atoms with Crippen LogP contribution < -0.4 is 10.1 Å². The van der Waals surface area contributed by atoms with Crippen LogP contribution in [-0.2, 0) is 20.2 Å². The molecule has 0 spiro atoms. The molecule has 2 aromatic rings. The zero-order chi connectivity index (χ0) is 23.4. The van der Waals surface area contributed by atoms with Gasteiger partial charge in [-0.3, -0.25) is 4.79 Å². The fraction of sp³-hybridized carbons (Fsp3) is 0.458. The van der Waals surface area contributed by atoms with E-state index >= 15 is 0 Å². The Kier molecular flexibility index (Phi) is 7.85. The van der Waals surface area contributed by atoms with Crippen molar-refractivity contribution in [2.75, 3.05) is 26.2 Å². The molecule has 32 heavy (non-hydrogen) atoms. The van der Waals surface area contributed by atoms with Crippen LogP contribution in [0.5, 0.6) is 5.75 Å². The highest BCUT2D eigenvalue weighted by Gasteiger charge is 2.32. The third-order valence-corrected chi connectivity index (χ3v) is 8.09. The number of nitrogens with zero attached hydrogens (tertiary/aromatic N) is 1. The highest BCUT2D eigenvalue weighted by molar-refractivity contribution is 7.89. The molecule has 0 saturated carbocycles. The third-order valence-electron chi connectivity index (χ3n) is 5.93. The summed E-state index contributed by atoms with van der Waals surface area (Å²) < 4.78 is 32.7. The van der Waals surface area contributed by atoms with E-state index in [9.17, 15) is 13.2 Å². The summed E-state index contributed by atoms with van der Waals surface area (Å²) in [4.78, 5) is 13.0. The van der Waals surface area contributed by atoms with Gasteiger partial charge < -0.3 is 10.1 Å². The molecule has 1 amide bonds. The lowest BCUT2D eigenvalue weighted by Crippen LogP contribution is -2.45. The van der Waals surface area contributed by atoms with Crippen LogP contribution in [0, 0.1) is 5.92 Å². The second-order valence-corrected chi connectivity index (χ2v) is 11.1. The van der Waals surface area contributed by atoms with Crippen LogP contribution in [0.15, 0.2) is 53.4 Å². The lowest BCUT2D eigenvalue weighted by Gasteiger charge is -2.32. The molecule has 6 nitrogen and oxygen atoms in total. The maximum atomic E-state index is 12.9. The Labute approximate surface area is 196 Å². The Morgan fingerprint density at radius 1 is 1.09 bits per heavy atom. The van der Waals surface area contributed by atoms with Crippen molar-refractivity contribution >= 4 is 27.5 Å². The Hall–Kier alpha value is -2.09. The molecular weight excluding hydrogens is 448 g/mol. The highest BCUT2D eigenvalue weighted by atomic mass is 35.5. The fourth-order valence-electron chi connectivity index (χ4n) is 3.84. The van der Waals surface area contributed by atoms with E-state index in [4.69, 9.17) is 16.3 Å². The summed E-state index contributed by atoms with van der Waals surface area (Å²) in [6.45, 7) is 7.70. The van der Waals surface area contributed by atoms with Gasteiger partial charge in [0.15, 0.2) is 0 Å². The van der Waals surface area contributed by atoms with Crippen LogP contribution in [0.2, 0.25) is 5.02 Å². The van der Waals surface area contributed by atoms with E-state index < -0.39 is 10.0 Å². The number of halogens is 1. The zero-order valence-corrected chi connectivity index (χ0v) is 20.4. The number of hydrogen-bond donors (Lipinski definition) is 1. The van der Waals surface area contributed by atoms with Gasteiger partial charge in [0.05, 0.1) is 11.5 Å². The summed E-state index contributed by atoms with van der Waals surface area (Å²) in [5, 5.41) is 3.74. The molecular formula is C24H31ClN2O4S. The second-order valence-electron chi connectivity index (χ2n) is 8.69. The van der Waals surface area contributed by atoms with Gasteiger partial charge >= 0.3 is 0 Å². The number of ether oxygens (including phenoxy) is 1. The molecule has 0 aliphatic carbocycles. The number of piperidine rings is 1. The SMILES string of the molecule is CCOc1ccc(S(=O)(=O)N2CCC(C(=O)NCC(C)(C)c3ccc(Cl)cc3)CC2)cc1. The van der Waals surface area contributed by atoms with Gasteiger partial charge in [-0.2, -0.15) is 4.31 Å². The van der Waals surface area contributed by atoms with E-state index in [-0.39, 0.29) is 22.1 Å². The molecule has 0 bridgehead atoms. The van der Waals surface area contributed by atoms with Gasteiger partial charge in [0.25, 0.3) is 0 Å². The molecule has 174 valence electrons. The molecule has 0 unspecified atom stereocenters. The Balaban J connectivity index is 1.54. The van der Waals surface area contributed by atoms with E-state index in [0.717, 1.165) is 5.56 Å². The Bertz CT molecular complexity index is 1010. The van der Waals surface area contributed by atoms with Gasteiger partial charge in [-0.25, -0.2) is 8.42 Å². The molecule has 1 heterocycles. The molecule has 1 N–H and O–H groups in total. The van der Waals surface area contributed by atoms with Crippen molar-refractivity contribution in [3.8, 4) is 5.75 Å². The average molecular weight is 479 g/mol. The second kappa shape index (κ2) is 10.2.